The summed E-state index contributed by atoms with van der Waals surface area (Å²) in [6.07, 6.45) is 1.98. The molecule has 1 N–H and O–H groups in total. The third-order valence-corrected chi connectivity index (χ3v) is 3.96. The standard InChI is InChI=1S/C15H17ClN2OS/c1-11-18-14(10-20-11)7-8-17-15(19)6-5-12-3-2-4-13(16)9-12/h2-4,9-10H,5-8H2,1H3,(H,17,19). The number of nitrogens with zero attached hydrogens (tertiary/aromatic N) is 1. The van der Waals surface area contributed by atoms with Crippen molar-refractivity contribution in [3.05, 3.63) is 50.9 Å². The van der Waals surface area contributed by atoms with Gasteiger partial charge in [-0.2, -0.15) is 0 Å². The van der Waals surface area contributed by atoms with Crippen molar-refractivity contribution in [2.75, 3.05) is 6.54 Å². The lowest BCUT2D eigenvalue weighted by atomic mass is 10.1. The van der Waals surface area contributed by atoms with E-state index in [2.05, 4.69) is 10.3 Å². The van der Waals surface area contributed by atoms with Gasteiger partial charge in [0.05, 0.1) is 10.7 Å². The number of hydrogen-bond acceptors (Lipinski definition) is 3. The molecule has 2 rings (SSSR count). The minimum atomic E-state index is 0.0666. The Morgan fingerprint density at radius 1 is 1.40 bits per heavy atom. The topological polar surface area (TPSA) is 42.0 Å². The van der Waals surface area contributed by atoms with Crippen LogP contribution in [0.25, 0.3) is 0 Å². The molecular weight excluding hydrogens is 292 g/mol. The zero-order valence-electron chi connectivity index (χ0n) is 11.4. The molecule has 1 aromatic heterocycles. The number of rotatable bonds is 6. The number of hydrogen-bond donors (Lipinski definition) is 1. The summed E-state index contributed by atoms with van der Waals surface area (Å²) >= 11 is 7.54. The van der Waals surface area contributed by atoms with Crippen molar-refractivity contribution in [3.63, 3.8) is 0 Å². The third kappa shape index (κ3) is 4.94. The van der Waals surface area contributed by atoms with Crippen molar-refractivity contribution in [1.29, 1.82) is 0 Å². The van der Waals surface area contributed by atoms with E-state index in [-0.39, 0.29) is 5.91 Å². The summed E-state index contributed by atoms with van der Waals surface area (Å²) < 4.78 is 0. The van der Waals surface area contributed by atoms with Gasteiger partial charge in [0, 0.05) is 29.8 Å². The molecule has 0 unspecified atom stereocenters. The van der Waals surface area contributed by atoms with E-state index in [4.69, 9.17) is 11.6 Å². The fourth-order valence-electron chi connectivity index (χ4n) is 1.89. The number of aromatic nitrogens is 1. The monoisotopic (exact) mass is 308 g/mol. The summed E-state index contributed by atoms with van der Waals surface area (Å²) in [5.74, 6) is 0.0666. The summed E-state index contributed by atoms with van der Waals surface area (Å²) in [5.41, 5.74) is 2.13. The lowest BCUT2D eigenvalue weighted by Crippen LogP contribution is -2.25. The fraction of sp³-hybridized carbons (Fsp3) is 0.333. The molecule has 2 aromatic rings. The van der Waals surface area contributed by atoms with Crippen LogP contribution in [0.5, 0.6) is 0 Å². The smallest absolute Gasteiger partial charge is 0.220 e. The maximum Gasteiger partial charge on any atom is 0.220 e. The normalized spacial score (nSPS) is 10.5. The van der Waals surface area contributed by atoms with Crippen LogP contribution in [0.2, 0.25) is 5.02 Å². The average molecular weight is 309 g/mol. The van der Waals surface area contributed by atoms with Crippen molar-refractivity contribution in [2.24, 2.45) is 0 Å². The Morgan fingerprint density at radius 2 is 2.25 bits per heavy atom. The van der Waals surface area contributed by atoms with Gasteiger partial charge in [0.1, 0.15) is 0 Å². The maximum absolute atomic E-state index is 11.7. The number of aryl methyl sites for hydroxylation is 2. The van der Waals surface area contributed by atoms with Crippen LogP contribution in [-0.4, -0.2) is 17.4 Å². The van der Waals surface area contributed by atoms with Crippen molar-refractivity contribution < 1.29 is 4.79 Å². The van der Waals surface area contributed by atoms with Crippen LogP contribution in [0.1, 0.15) is 22.7 Å². The molecule has 5 heteroatoms. The minimum Gasteiger partial charge on any atom is -0.356 e. The van der Waals surface area contributed by atoms with Gasteiger partial charge < -0.3 is 5.32 Å². The first-order chi connectivity index (χ1) is 9.63. The van der Waals surface area contributed by atoms with Gasteiger partial charge in [-0.05, 0) is 31.0 Å². The molecule has 0 aliphatic rings. The third-order valence-electron chi connectivity index (χ3n) is 2.90. The molecule has 0 saturated carbocycles. The highest BCUT2D eigenvalue weighted by Gasteiger charge is 2.03. The SMILES string of the molecule is Cc1nc(CCNC(=O)CCc2cccc(Cl)c2)cs1. The molecule has 0 bridgehead atoms. The van der Waals surface area contributed by atoms with E-state index >= 15 is 0 Å². The molecule has 20 heavy (non-hydrogen) atoms. The number of carbonyl (C=O) groups excluding carboxylic acids is 1. The number of amides is 1. The summed E-state index contributed by atoms with van der Waals surface area (Å²) in [7, 11) is 0. The largest absolute Gasteiger partial charge is 0.356 e. The van der Waals surface area contributed by atoms with Gasteiger partial charge in [0.25, 0.3) is 0 Å². The van der Waals surface area contributed by atoms with E-state index < -0.39 is 0 Å². The number of thiazole rings is 1. The Labute approximate surface area is 128 Å². The molecule has 3 nitrogen and oxygen atoms in total. The van der Waals surface area contributed by atoms with E-state index in [0.29, 0.717) is 24.4 Å². The Kier molecular flexibility index (Phi) is 5.56. The first-order valence-corrected chi connectivity index (χ1v) is 7.81. The van der Waals surface area contributed by atoms with E-state index in [1.807, 2.05) is 36.6 Å². The maximum atomic E-state index is 11.7. The summed E-state index contributed by atoms with van der Waals surface area (Å²) in [6.45, 7) is 2.62. The Morgan fingerprint density at radius 3 is 2.95 bits per heavy atom. The highest BCUT2D eigenvalue weighted by atomic mass is 35.5. The van der Waals surface area contributed by atoms with Crippen molar-refractivity contribution in [1.82, 2.24) is 10.3 Å². The molecule has 0 fully saturated rings. The van der Waals surface area contributed by atoms with Crippen LogP contribution in [0, 0.1) is 6.92 Å². The Hall–Kier alpha value is -1.39. The predicted molar refractivity (Wildman–Crippen MR) is 83.3 cm³/mol. The van der Waals surface area contributed by atoms with Crippen LogP contribution in [0.4, 0.5) is 0 Å². The average Bonchev–Trinajstić information content (AvgIpc) is 2.82. The minimum absolute atomic E-state index is 0.0666. The van der Waals surface area contributed by atoms with Crippen molar-refractivity contribution in [3.8, 4) is 0 Å². The van der Waals surface area contributed by atoms with Gasteiger partial charge in [-0.25, -0.2) is 4.98 Å². The Bertz CT molecular complexity index is 583. The predicted octanol–water partition coefficient (Wildman–Crippen LogP) is 3.40. The molecule has 0 spiro atoms. The van der Waals surface area contributed by atoms with Crippen LogP contribution in [0.15, 0.2) is 29.6 Å². The highest BCUT2D eigenvalue weighted by molar-refractivity contribution is 7.09. The van der Waals surface area contributed by atoms with Gasteiger partial charge in [-0.3, -0.25) is 4.79 Å². The number of nitrogens with one attached hydrogen (secondary N) is 1. The van der Waals surface area contributed by atoms with Gasteiger partial charge in [-0.1, -0.05) is 23.7 Å². The molecule has 1 heterocycles. The van der Waals surface area contributed by atoms with E-state index in [1.54, 1.807) is 11.3 Å². The fourth-order valence-corrected chi connectivity index (χ4v) is 2.75. The number of benzene rings is 1. The van der Waals surface area contributed by atoms with Gasteiger partial charge in [0.15, 0.2) is 0 Å². The van der Waals surface area contributed by atoms with E-state index in [9.17, 15) is 4.79 Å². The molecule has 0 atom stereocenters. The van der Waals surface area contributed by atoms with Gasteiger partial charge in [-0.15, -0.1) is 11.3 Å². The summed E-state index contributed by atoms with van der Waals surface area (Å²) in [6, 6.07) is 7.62. The molecule has 1 aromatic carbocycles. The van der Waals surface area contributed by atoms with Crippen LogP contribution >= 0.6 is 22.9 Å². The van der Waals surface area contributed by atoms with Gasteiger partial charge in [0.2, 0.25) is 5.91 Å². The molecule has 0 aliphatic carbocycles. The number of carbonyl (C=O) groups is 1. The summed E-state index contributed by atoms with van der Waals surface area (Å²) in [5, 5.41) is 6.73. The molecular formula is C15H17ClN2OS. The molecule has 0 saturated heterocycles. The molecule has 0 aliphatic heterocycles. The first-order valence-electron chi connectivity index (χ1n) is 6.55. The number of halogens is 1. The van der Waals surface area contributed by atoms with E-state index in [0.717, 1.165) is 22.7 Å². The lowest BCUT2D eigenvalue weighted by molar-refractivity contribution is -0.121. The zero-order chi connectivity index (χ0) is 14.4. The van der Waals surface area contributed by atoms with Crippen LogP contribution in [0.3, 0.4) is 0 Å². The second-order valence-electron chi connectivity index (χ2n) is 4.59. The lowest BCUT2D eigenvalue weighted by Gasteiger charge is -2.04. The second-order valence-corrected chi connectivity index (χ2v) is 6.09. The molecule has 0 radical (unpaired) electrons. The molecule has 1 amide bonds. The zero-order valence-corrected chi connectivity index (χ0v) is 12.9. The van der Waals surface area contributed by atoms with Crippen molar-refractivity contribution in [2.45, 2.75) is 26.2 Å². The van der Waals surface area contributed by atoms with Gasteiger partial charge >= 0.3 is 0 Å². The van der Waals surface area contributed by atoms with Crippen LogP contribution in [-0.2, 0) is 17.6 Å². The van der Waals surface area contributed by atoms with E-state index in [1.165, 1.54) is 0 Å². The Balaban J connectivity index is 1.68. The molecule has 106 valence electrons. The summed E-state index contributed by atoms with van der Waals surface area (Å²) in [4.78, 5) is 16.1. The van der Waals surface area contributed by atoms with Crippen molar-refractivity contribution >= 4 is 28.8 Å². The quantitative estimate of drug-likeness (QED) is 0.888. The first kappa shape index (κ1) is 15.0. The second kappa shape index (κ2) is 7.41. The van der Waals surface area contributed by atoms with Crippen LogP contribution < -0.4 is 5.32 Å². The highest BCUT2D eigenvalue weighted by Crippen LogP contribution is 2.12.